The number of nitrogens with one attached hydrogen (secondary N) is 2. The van der Waals surface area contributed by atoms with Crippen LogP contribution in [0.4, 0.5) is 5.69 Å². The van der Waals surface area contributed by atoms with Crippen molar-refractivity contribution in [3.05, 3.63) is 57.8 Å². The SMILES string of the molecule is CC(C)Nc1ccnc(C(=O)NCCc2ccc(Cl)cc2Cl)c1. The molecule has 0 bridgehead atoms. The van der Waals surface area contributed by atoms with Crippen LogP contribution in [0.2, 0.25) is 10.0 Å². The largest absolute Gasteiger partial charge is 0.383 e. The number of anilines is 1. The molecular formula is C17H19Cl2N3O. The second-order valence-electron chi connectivity index (χ2n) is 5.47. The Labute approximate surface area is 146 Å². The molecule has 0 aliphatic heterocycles. The zero-order valence-corrected chi connectivity index (χ0v) is 14.6. The van der Waals surface area contributed by atoms with Crippen LogP contribution in [0.3, 0.4) is 0 Å². The summed E-state index contributed by atoms with van der Waals surface area (Å²) < 4.78 is 0. The number of halogens is 2. The summed E-state index contributed by atoms with van der Waals surface area (Å²) in [5.74, 6) is -0.206. The van der Waals surface area contributed by atoms with E-state index in [2.05, 4.69) is 15.6 Å². The molecule has 0 fully saturated rings. The number of rotatable bonds is 6. The molecule has 1 amide bonds. The lowest BCUT2D eigenvalue weighted by Crippen LogP contribution is -2.26. The first-order valence-electron chi connectivity index (χ1n) is 7.40. The molecule has 0 spiro atoms. The van der Waals surface area contributed by atoms with Crippen molar-refractivity contribution >= 4 is 34.8 Å². The summed E-state index contributed by atoms with van der Waals surface area (Å²) in [6.45, 7) is 4.55. The summed E-state index contributed by atoms with van der Waals surface area (Å²) in [5.41, 5.74) is 2.21. The molecule has 6 heteroatoms. The molecule has 0 saturated carbocycles. The van der Waals surface area contributed by atoms with E-state index in [0.717, 1.165) is 11.3 Å². The fourth-order valence-corrected chi connectivity index (χ4v) is 2.61. The number of pyridine rings is 1. The highest BCUT2D eigenvalue weighted by Gasteiger charge is 2.09. The fourth-order valence-electron chi connectivity index (χ4n) is 2.10. The number of hydrogen-bond acceptors (Lipinski definition) is 3. The third-order valence-electron chi connectivity index (χ3n) is 3.14. The van der Waals surface area contributed by atoms with Crippen LogP contribution in [0, 0.1) is 0 Å². The van der Waals surface area contributed by atoms with Crippen LogP contribution in [0.5, 0.6) is 0 Å². The highest BCUT2D eigenvalue weighted by Crippen LogP contribution is 2.21. The Morgan fingerprint density at radius 3 is 2.70 bits per heavy atom. The topological polar surface area (TPSA) is 54.0 Å². The number of aromatic nitrogens is 1. The third kappa shape index (κ3) is 5.41. The Morgan fingerprint density at radius 2 is 2.00 bits per heavy atom. The second-order valence-corrected chi connectivity index (χ2v) is 6.31. The maximum atomic E-state index is 12.2. The Balaban J connectivity index is 1.92. The van der Waals surface area contributed by atoms with E-state index < -0.39 is 0 Å². The second kappa shape index (κ2) is 8.18. The van der Waals surface area contributed by atoms with E-state index in [-0.39, 0.29) is 5.91 Å². The van der Waals surface area contributed by atoms with Gasteiger partial charge in [0.15, 0.2) is 0 Å². The quantitative estimate of drug-likeness (QED) is 0.820. The molecular weight excluding hydrogens is 333 g/mol. The first-order valence-corrected chi connectivity index (χ1v) is 8.16. The predicted molar refractivity (Wildman–Crippen MR) is 95.5 cm³/mol. The van der Waals surface area contributed by atoms with E-state index in [1.54, 1.807) is 24.4 Å². The molecule has 0 aliphatic rings. The minimum atomic E-state index is -0.206. The summed E-state index contributed by atoms with van der Waals surface area (Å²) in [6, 6.07) is 9.22. The van der Waals surface area contributed by atoms with Crippen molar-refractivity contribution in [2.45, 2.75) is 26.3 Å². The van der Waals surface area contributed by atoms with Gasteiger partial charge in [0.05, 0.1) is 0 Å². The highest BCUT2D eigenvalue weighted by molar-refractivity contribution is 6.35. The van der Waals surface area contributed by atoms with Gasteiger partial charge in [0, 0.05) is 34.5 Å². The van der Waals surface area contributed by atoms with Crippen LogP contribution in [0.1, 0.15) is 29.9 Å². The van der Waals surface area contributed by atoms with Gasteiger partial charge in [0.1, 0.15) is 5.69 Å². The summed E-state index contributed by atoms with van der Waals surface area (Å²) in [6.07, 6.45) is 2.25. The Bertz CT molecular complexity index is 689. The molecule has 122 valence electrons. The molecule has 2 rings (SSSR count). The Hall–Kier alpha value is -1.78. The molecule has 0 atom stereocenters. The number of benzene rings is 1. The minimum Gasteiger partial charge on any atom is -0.383 e. The van der Waals surface area contributed by atoms with E-state index in [1.165, 1.54) is 0 Å². The van der Waals surface area contributed by atoms with Crippen molar-refractivity contribution < 1.29 is 4.79 Å². The van der Waals surface area contributed by atoms with Gasteiger partial charge in [-0.1, -0.05) is 29.3 Å². The summed E-state index contributed by atoms with van der Waals surface area (Å²) in [5, 5.41) is 7.30. The fraction of sp³-hybridized carbons (Fsp3) is 0.294. The zero-order chi connectivity index (χ0) is 16.8. The van der Waals surface area contributed by atoms with Crippen molar-refractivity contribution in [1.82, 2.24) is 10.3 Å². The van der Waals surface area contributed by atoms with Crippen LogP contribution >= 0.6 is 23.2 Å². The zero-order valence-electron chi connectivity index (χ0n) is 13.1. The molecule has 4 nitrogen and oxygen atoms in total. The molecule has 0 aliphatic carbocycles. The Kier molecular flexibility index (Phi) is 6.25. The summed E-state index contributed by atoms with van der Waals surface area (Å²) >= 11 is 12.0. The monoisotopic (exact) mass is 351 g/mol. The third-order valence-corrected chi connectivity index (χ3v) is 3.73. The van der Waals surface area contributed by atoms with Crippen LogP contribution in [-0.4, -0.2) is 23.5 Å². The molecule has 2 N–H and O–H groups in total. The first-order chi connectivity index (χ1) is 11.0. The van der Waals surface area contributed by atoms with Gasteiger partial charge < -0.3 is 10.6 Å². The van der Waals surface area contributed by atoms with Crippen molar-refractivity contribution in [1.29, 1.82) is 0 Å². The lowest BCUT2D eigenvalue weighted by atomic mass is 10.1. The van der Waals surface area contributed by atoms with Gasteiger partial charge >= 0.3 is 0 Å². The number of hydrogen-bond donors (Lipinski definition) is 2. The number of carbonyl (C=O) groups excluding carboxylic acids is 1. The van der Waals surface area contributed by atoms with Gasteiger partial charge in [-0.25, -0.2) is 0 Å². The minimum absolute atomic E-state index is 0.206. The molecule has 0 radical (unpaired) electrons. The van der Waals surface area contributed by atoms with Crippen LogP contribution in [-0.2, 0) is 6.42 Å². The van der Waals surface area contributed by atoms with E-state index in [9.17, 15) is 4.79 Å². The maximum absolute atomic E-state index is 12.2. The number of amides is 1. The standard InChI is InChI=1S/C17H19Cl2N3O/c1-11(2)22-14-6-8-20-16(10-14)17(23)21-7-5-12-3-4-13(18)9-15(12)19/h3-4,6,8-11H,5,7H2,1-2H3,(H,20,22)(H,21,23). The molecule has 23 heavy (non-hydrogen) atoms. The van der Waals surface area contributed by atoms with Crippen molar-refractivity contribution in [3.8, 4) is 0 Å². The van der Waals surface area contributed by atoms with Crippen molar-refractivity contribution in [3.63, 3.8) is 0 Å². The Morgan fingerprint density at radius 1 is 1.22 bits per heavy atom. The maximum Gasteiger partial charge on any atom is 0.269 e. The highest BCUT2D eigenvalue weighted by atomic mass is 35.5. The molecule has 1 aromatic heterocycles. The van der Waals surface area contributed by atoms with Crippen LogP contribution in [0.15, 0.2) is 36.5 Å². The van der Waals surface area contributed by atoms with Gasteiger partial charge in [-0.2, -0.15) is 0 Å². The number of carbonyl (C=O) groups is 1. The molecule has 0 unspecified atom stereocenters. The van der Waals surface area contributed by atoms with Crippen LogP contribution < -0.4 is 10.6 Å². The van der Waals surface area contributed by atoms with Gasteiger partial charge in [-0.05, 0) is 50.1 Å². The lowest BCUT2D eigenvalue weighted by molar-refractivity contribution is 0.0949. The smallest absolute Gasteiger partial charge is 0.269 e. The van der Waals surface area contributed by atoms with E-state index >= 15 is 0 Å². The normalized spacial score (nSPS) is 10.7. The van der Waals surface area contributed by atoms with Crippen LogP contribution in [0.25, 0.3) is 0 Å². The molecule has 0 saturated heterocycles. The van der Waals surface area contributed by atoms with Gasteiger partial charge in [-0.3, -0.25) is 9.78 Å². The summed E-state index contributed by atoms with van der Waals surface area (Å²) in [7, 11) is 0. The van der Waals surface area contributed by atoms with Crippen molar-refractivity contribution in [2.24, 2.45) is 0 Å². The predicted octanol–water partition coefficient (Wildman–Crippen LogP) is 4.18. The molecule has 2 aromatic rings. The summed E-state index contributed by atoms with van der Waals surface area (Å²) in [4.78, 5) is 16.3. The number of nitrogens with zero attached hydrogens (tertiary/aromatic N) is 1. The first kappa shape index (κ1) is 17.6. The van der Waals surface area contributed by atoms with E-state index in [0.29, 0.717) is 34.7 Å². The average Bonchev–Trinajstić information content (AvgIpc) is 2.49. The molecule has 1 aromatic carbocycles. The lowest BCUT2D eigenvalue weighted by Gasteiger charge is -2.11. The average molecular weight is 352 g/mol. The van der Waals surface area contributed by atoms with Gasteiger partial charge in [0.2, 0.25) is 0 Å². The van der Waals surface area contributed by atoms with E-state index in [1.807, 2.05) is 26.0 Å². The van der Waals surface area contributed by atoms with Gasteiger partial charge in [0.25, 0.3) is 5.91 Å². The van der Waals surface area contributed by atoms with Crippen molar-refractivity contribution in [2.75, 3.05) is 11.9 Å². The van der Waals surface area contributed by atoms with E-state index in [4.69, 9.17) is 23.2 Å². The molecule has 1 heterocycles. The van der Waals surface area contributed by atoms with Gasteiger partial charge in [-0.15, -0.1) is 0 Å².